The first kappa shape index (κ1) is 11.9. The molecule has 1 aliphatic carbocycles. The van der Waals surface area contributed by atoms with Crippen molar-refractivity contribution in [3.8, 4) is 24.7 Å². The number of hydrogen-bond donors (Lipinski definition) is 0. The lowest BCUT2D eigenvalue weighted by Gasteiger charge is -2.16. The molecule has 0 amide bonds. The zero-order valence-corrected chi connectivity index (χ0v) is 9.69. The molecule has 0 aromatic heterocycles. The van der Waals surface area contributed by atoms with Gasteiger partial charge in [0.1, 0.15) is 0 Å². The summed E-state index contributed by atoms with van der Waals surface area (Å²) >= 11 is 0. The molecule has 1 aromatic rings. The van der Waals surface area contributed by atoms with Crippen molar-refractivity contribution in [3.63, 3.8) is 0 Å². The number of carbonyl (C=O) groups is 2. The standard InChI is InChI=1S/C16H10O2/c1-3-5-11-7-8-12(6-4-2)16-14(18)10-9-13(17)15(11)16/h1-2,7-10H,5-6H2. The molecule has 0 spiro atoms. The first-order valence-corrected chi connectivity index (χ1v) is 5.47. The van der Waals surface area contributed by atoms with Crippen LogP contribution >= 0.6 is 0 Å². The minimum atomic E-state index is -0.186. The predicted molar refractivity (Wildman–Crippen MR) is 69.3 cm³/mol. The molecule has 0 bridgehead atoms. The van der Waals surface area contributed by atoms with E-state index in [9.17, 15) is 9.59 Å². The van der Waals surface area contributed by atoms with Gasteiger partial charge in [0.25, 0.3) is 0 Å². The van der Waals surface area contributed by atoms with Gasteiger partial charge >= 0.3 is 0 Å². The molecule has 1 aromatic carbocycles. The molecular weight excluding hydrogens is 224 g/mol. The van der Waals surface area contributed by atoms with Gasteiger partial charge in [0.15, 0.2) is 11.6 Å². The van der Waals surface area contributed by atoms with Crippen molar-refractivity contribution in [2.24, 2.45) is 0 Å². The highest BCUT2D eigenvalue weighted by Crippen LogP contribution is 2.25. The van der Waals surface area contributed by atoms with Crippen LogP contribution in [-0.4, -0.2) is 11.6 Å². The van der Waals surface area contributed by atoms with Gasteiger partial charge in [-0.2, -0.15) is 0 Å². The van der Waals surface area contributed by atoms with Crippen LogP contribution in [0.1, 0.15) is 31.8 Å². The van der Waals surface area contributed by atoms with Crippen molar-refractivity contribution < 1.29 is 9.59 Å². The van der Waals surface area contributed by atoms with E-state index >= 15 is 0 Å². The highest BCUT2D eigenvalue weighted by Gasteiger charge is 2.24. The molecular formula is C16H10O2. The minimum absolute atomic E-state index is 0.186. The summed E-state index contributed by atoms with van der Waals surface area (Å²) in [5.41, 5.74) is 2.23. The van der Waals surface area contributed by atoms with E-state index in [1.54, 1.807) is 12.1 Å². The average molecular weight is 234 g/mol. The minimum Gasteiger partial charge on any atom is -0.289 e. The fraction of sp³-hybridized carbons (Fsp3) is 0.125. The monoisotopic (exact) mass is 234 g/mol. The van der Waals surface area contributed by atoms with Crippen LogP contribution in [0.4, 0.5) is 0 Å². The Hall–Kier alpha value is -2.58. The average Bonchev–Trinajstić information content (AvgIpc) is 2.36. The summed E-state index contributed by atoms with van der Waals surface area (Å²) in [5.74, 6) is 4.61. The molecule has 0 unspecified atom stereocenters. The Bertz CT molecular complexity index is 592. The van der Waals surface area contributed by atoms with Crippen molar-refractivity contribution in [1.29, 1.82) is 0 Å². The van der Waals surface area contributed by atoms with E-state index in [1.807, 2.05) is 0 Å². The van der Waals surface area contributed by atoms with Gasteiger partial charge in [-0.1, -0.05) is 12.1 Å². The van der Waals surface area contributed by atoms with Crippen LogP contribution in [0.3, 0.4) is 0 Å². The van der Waals surface area contributed by atoms with Gasteiger partial charge in [-0.3, -0.25) is 9.59 Å². The summed E-state index contributed by atoms with van der Waals surface area (Å²) in [6.45, 7) is 0. The number of fused-ring (bicyclic) bond motifs is 1. The van der Waals surface area contributed by atoms with Gasteiger partial charge in [0, 0.05) is 24.0 Å². The maximum absolute atomic E-state index is 11.9. The Morgan fingerprint density at radius 1 is 0.833 bits per heavy atom. The van der Waals surface area contributed by atoms with Gasteiger partial charge in [0.2, 0.25) is 0 Å². The molecule has 0 saturated carbocycles. The number of benzene rings is 1. The first-order valence-electron chi connectivity index (χ1n) is 5.47. The summed E-state index contributed by atoms with van der Waals surface area (Å²) in [6, 6.07) is 3.55. The van der Waals surface area contributed by atoms with E-state index < -0.39 is 0 Å². The molecule has 0 saturated heterocycles. The van der Waals surface area contributed by atoms with Crippen LogP contribution in [0.2, 0.25) is 0 Å². The molecule has 2 nitrogen and oxygen atoms in total. The normalized spacial score (nSPS) is 12.8. The first-order chi connectivity index (χ1) is 8.69. The van der Waals surface area contributed by atoms with Crippen LogP contribution < -0.4 is 0 Å². The van der Waals surface area contributed by atoms with E-state index in [0.717, 1.165) is 0 Å². The maximum atomic E-state index is 11.9. The van der Waals surface area contributed by atoms with Gasteiger partial charge in [-0.25, -0.2) is 0 Å². The fourth-order valence-electron chi connectivity index (χ4n) is 2.08. The van der Waals surface area contributed by atoms with Crippen LogP contribution in [0.25, 0.3) is 0 Å². The number of rotatable bonds is 2. The molecule has 0 atom stereocenters. The second-order valence-electron chi connectivity index (χ2n) is 3.96. The van der Waals surface area contributed by atoms with Crippen molar-refractivity contribution in [2.75, 3.05) is 0 Å². The van der Waals surface area contributed by atoms with Gasteiger partial charge in [-0.15, -0.1) is 24.7 Å². The summed E-state index contributed by atoms with van der Waals surface area (Å²) < 4.78 is 0. The molecule has 18 heavy (non-hydrogen) atoms. The molecule has 0 aliphatic heterocycles. The summed E-state index contributed by atoms with van der Waals surface area (Å²) in [7, 11) is 0. The zero-order valence-electron chi connectivity index (χ0n) is 9.69. The van der Waals surface area contributed by atoms with E-state index in [0.29, 0.717) is 35.1 Å². The van der Waals surface area contributed by atoms with Crippen LogP contribution in [-0.2, 0) is 12.8 Å². The van der Waals surface area contributed by atoms with Crippen molar-refractivity contribution in [1.82, 2.24) is 0 Å². The van der Waals surface area contributed by atoms with Gasteiger partial charge in [0.05, 0.1) is 0 Å². The second-order valence-corrected chi connectivity index (χ2v) is 3.96. The summed E-state index contributed by atoms with van der Waals surface area (Å²) in [4.78, 5) is 23.8. The Labute approximate surface area is 106 Å². The third-order valence-electron chi connectivity index (χ3n) is 2.84. The lowest BCUT2D eigenvalue weighted by molar-refractivity contribution is 0.0993. The van der Waals surface area contributed by atoms with Crippen molar-refractivity contribution >= 4 is 11.6 Å². The molecule has 2 heteroatoms. The Morgan fingerprint density at radius 2 is 1.22 bits per heavy atom. The summed E-state index contributed by atoms with van der Waals surface area (Å²) in [6.07, 6.45) is 13.8. The third-order valence-corrected chi connectivity index (χ3v) is 2.84. The Kier molecular flexibility index (Phi) is 3.13. The van der Waals surface area contributed by atoms with Crippen molar-refractivity contribution in [2.45, 2.75) is 12.8 Å². The molecule has 0 heterocycles. The van der Waals surface area contributed by atoms with Gasteiger partial charge in [-0.05, 0) is 23.3 Å². The molecule has 0 fully saturated rings. The fourth-order valence-corrected chi connectivity index (χ4v) is 2.08. The second kappa shape index (κ2) is 4.73. The predicted octanol–water partition coefficient (Wildman–Crippen LogP) is 1.97. The number of terminal acetylenes is 2. The van der Waals surface area contributed by atoms with E-state index in [2.05, 4.69) is 11.8 Å². The third kappa shape index (κ3) is 1.85. The number of ketones is 2. The Balaban J connectivity index is 2.72. The smallest absolute Gasteiger partial charge is 0.187 e. The van der Waals surface area contributed by atoms with Crippen LogP contribution in [0.5, 0.6) is 0 Å². The molecule has 0 radical (unpaired) electrons. The molecule has 86 valence electrons. The quantitative estimate of drug-likeness (QED) is 0.733. The van der Waals surface area contributed by atoms with Gasteiger partial charge < -0.3 is 0 Å². The largest absolute Gasteiger partial charge is 0.289 e. The number of carbonyl (C=O) groups excluding carboxylic acids is 2. The molecule has 0 N–H and O–H groups in total. The SMILES string of the molecule is C#CCc1ccc(CC#C)c2c1C(=O)C=CC2=O. The van der Waals surface area contributed by atoms with E-state index in [1.165, 1.54) is 12.2 Å². The lowest BCUT2D eigenvalue weighted by atomic mass is 9.85. The highest BCUT2D eigenvalue weighted by molar-refractivity contribution is 6.23. The van der Waals surface area contributed by atoms with Crippen LogP contribution in [0.15, 0.2) is 24.3 Å². The zero-order chi connectivity index (χ0) is 13.1. The van der Waals surface area contributed by atoms with E-state index in [4.69, 9.17) is 12.8 Å². The topological polar surface area (TPSA) is 34.1 Å². The number of allylic oxidation sites excluding steroid dienone is 2. The van der Waals surface area contributed by atoms with Crippen molar-refractivity contribution in [3.05, 3.63) is 46.5 Å². The highest BCUT2D eigenvalue weighted by atomic mass is 16.1. The Morgan fingerprint density at radius 3 is 1.56 bits per heavy atom. The van der Waals surface area contributed by atoms with E-state index in [-0.39, 0.29) is 11.6 Å². The molecule has 2 rings (SSSR count). The lowest BCUT2D eigenvalue weighted by Crippen LogP contribution is -2.17. The maximum Gasteiger partial charge on any atom is 0.187 e. The number of hydrogen-bond acceptors (Lipinski definition) is 2. The summed E-state index contributed by atoms with van der Waals surface area (Å²) in [5, 5.41) is 0. The van der Waals surface area contributed by atoms with Crippen LogP contribution in [0, 0.1) is 24.7 Å². The molecule has 1 aliphatic rings.